The Labute approximate surface area is 288 Å². The number of fused-ring (bicyclic) bond motifs is 1. The first-order valence-corrected chi connectivity index (χ1v) is 17.2. The first-order chi connectivity index (χ1) is 24.1. The van der Waals surface area contributed by atoms with Gasteiger partial charge in [-0.1, -0.05) is 67.1 Å². The number of nitrogens with zero attached hydrogens (tertiary/aromatic N) is 2. The lowest BCUT2D eigenvalue weighted by Crippen LogP contribution is -2.33. The van der Waals surface area contributed by atoms with Gasteiger partial charge in [0, 0.05) is 17.5 Å². The molecule has 1 aliphatic rings. The van der Waals surface area contributed by atoms with Crippen molar-refractivity contribution >= 4 is 16.8 Å². The molecular formula is C43H42N2O4. The Morgan fingerprint density at radius 2 is 1.20 bits per heavy atom. The van der Waals surface area contributed by atoms with Gasteiger partial charge >= 0.3 is 0 Å². The van der Waals surface area contributed by atoms with Gasteiger partial charge in [-0.2, -0.15) is 0 Å². The summed E-state index contributed by atoms with van der Waals surface area (Å²) in [5, 5.41) is 0.969. The molecule has 0 bridgehead atoms. The third-order valence-corrected chi connectivity index (χ3v) is 9.25. The number of carbonyl (C=O) groups is 1. The minimum Gasteiger partial charge on any atom is -0.492 e. The summed E-state index contributed by atoms with van der Waals surface area (Å²) in [5.74, 6) is 2.20. The van der Waals surface area contributed by atoms with E-state index in [1.807, 2.05) is 120 Å². The second-order valence-electron chi connectivity index (χ2n) is 12.6. The quantitative estimate of drug-likeness (QED) is 0.132. The molecule has 1 saturated heterocycles. The van der Waals surface area contributed by atoms with Crippen LogP contribution in [0.2, 0.25) is 0 Å². The molecule has 2 heterocycles. The van der Waals surface area contributed by atoms with E-state index in [1.165, 1.54) is 19.3 Å². The van der Waals surface area contributed by atoms with Crippen LogP contribution in [0.25, 0.3) is 22.2 Å². The number of aryl methyl sites for hydroxylation is 1. The monoisotopic (exact) mass is 650 g/mol. The average Bonchev–Trinajstić information content (AvgIpc) is 3.45. The van der Waals surface area contributed by atoms with Crippen LogP contribution < -0.4 is 14.2 Å². The maximum absolute atomic E-state index is 14.4. The molecule has 248 valence electrons. The first-order valence-electron chi connectivity index (χ1n) is 17.2. The lowest BCUT2D eigenvalue weighted by Gasteiger charge is -2.26. The Balaban J connectivity index is 1.16. The minimum absolute atomic E-state index is 0.102. The summed E-state index contributed by atoms with van der Waals surface area (Å²) in [5.41, 5.74) is 6.40. The van der Waals surface area contributed by atoms with Gasteiger partial charge in [-0.05, 0) is 122 Å². The summed E-state index contributed by atoms with van der Waals surface area (Å²) in [6.45, 7) is 6.88. The highest BCUT2D eigenvalue weighted by atomic mass is 16.5. The number of benzene rings is 5. The van der Waals surface area contributed by atoms with Gasteiger partial charge in [-0.15, -0.1) is 0 Å². The molecule has 1 aromatic heterocycles. The van der Waals surface area contributed by atoms with Crippen molar-refractivity contribution in [2.45, 2.75) is 39.4 Å². The number of rotatable bonds is 12. The minimum atomic E-state index is -0.102. The molecule has 0 saturated carbocycles. The van der Waals surface area contributed by atoms with Crippen molar-refractivity contribution in [1.82, 2.24) is 9.47 Å². The van der Waals surface area contributed by atoms with Crippen molar-refractivity contribution in [2.75, 3.05) is 26.2 Å². The highest BCUT2D eigenvalue weighted by molar-refractivity contribution is 6.07. The van der Waals surface area contributed by atoms with Crippen molar-refractivity contribution < 1.29 is 19.0 Å². The van der Waals surface area contributed by atoms with Crippen LogP contribution in [0, 0.1) is 6.92 Å². The SMILES string of the molecule is Cc1c(-c2ccc(OCc3ccccc3)cc2)n(C(=O)c2ccc(OCCN3CCCCC3)cc2)c2ccc(OCc3ccccc3)cc12. The summed E-state index contributed by atoms with van der Waals surface area (Å²) < 4.78 is 20.1. The number of carbonyl (C=O) groups excluding carboxylic acids is 1. The van der Waals surface area contributed by atoms with Gasteiger partial charge in [0.1, 0.15) is 37.1 Å². The number of piperidine rings is 1. The fourth-order valence-electron chi connectivity index (χ4n) is 6.56. The van der Waals surface area contributed by atoms with Crippen molar-refractivity contribution in [3.63, 3.8) is 0 Å². The Kier molecular flexibility index (Phi) is 10.0. The van der Waals surface area contributed by atoms with Crippen molar-refractivity contribution in [2.24, 2.45) is 0 Å². The maximum Gasteiger partial charge on any atom is 0.262 e. The lowest BCUT2D eigenvalue weighted by molar-refractivity contribution is 0.0966. The van der Waals surface area contributed by atoms with Crippen LogP contribution >= 0.6 is 0 Å². The van der Waals surface area contributed by atoms with Crippen LogP contribution in [-0.4, -0.2) is 41.6 Å². The second-order valence-corrected chi connectivity index (χ2v) is 12.6. The molecule has 49 heavy (non-hydrogen) atoms. The number of hydrogen-bond acceptors (Lipinski definition) is 5. The molecule has 0 unspecified atom stereocenters. The smallest absolute Gasteiger partial charge is 0.262 e. The fraction of sp³-hybridized carbons (Fsp3) is 0.233. The number of aromatic nitrogens is 1. The standard InChI is InChI=1S/C43H42N2O4/c1-32-40-29-39(49-31-34-13-7-3-8-14-34)23-24-41(40)45(42(32)35-15-19-38(20-16-35)48-30-33-11-5-2-6-12-33)43(46)36-17-21-37(22-18-36)47-28-27-44-25-9-4-10-26-44/h2-3,5-8,11-24,29H,4,9-10,25-28,30-31H2,1H3. The van der Waals surface area contributed by atoms with Crippen LogP contribution in [0.1, 0.15) is 46.3 Å². The molecule has 0 atom stereocenters. The van der Waals surface area contributed by atoms with Gasteiger partial charge in [0.15, 0.2) is 0 Å². The van der Waals surface area contributed by atoms with Crippen LogP contribution in [0.4, 0.5) is 0 Å². The van der Waals surface area contributed by atoms with Gasteiger partial charge in [0.2, 0.25) is 0 Å². The normalized spacial score (nSPS) is 13.3. The summed E-state index contributed by atoms with van der Waals surface area (Å²) in [4.78, 5) is 16.8. The Morgan fingerprint density at radius 3 is 1.86 bits per heavy atom. The van der Waals surface area contributed by atoms with E-state index in [1.54, 1.807) is 0 Å². The Morgan fingerprint density at radius 1 is 0.633 bits per heavy atom. The van der Waals surface area contributed by atoms with Crippen LogP contribution in [-0.2, 0) is 13.2 Å². The topological polar surface area (TPSA) is 52.9 Å². The summed E-state index contributed by atoms with van der Waals surface area (Å²) in [6, 6.07) is 41.7. The Hall–Kier alpha value is -5.33. The van der Waals surface area contributed by atoms with Crippen LogP contribution in [0.5, 0.6) is 17.2 Å². The zero-order valence-corrected chi connectivity index (χ0v) is 28.0. The van der Waals surface area contributed by atoms with E-state index in [-0.39, 0.29) is 5.91 Å². The summed E-state index contributed by atoms with van der Waals surface area (Å²) in [7, 11) is 0. The van der Waals surface area contributed by atoms with E-state index >= 15 is 0 Å². The van der Waals surface area contributed by atoms with Crippen molar-refractivity contribution in [3.05, 3.63) is 150 Å². The van der Waals surface area contributed by atoms with E-state index in [9.17, 15) is 4.79 Å². The maximum atomic E-state index is 14.4. The van der Waals surface area contributed by atoms with Crippen molar-refractivity contribution in [3.8, 4) is 28.5 Å². The summed E-state index contributed by atoms with van der Waals surface area (Å²) in [6.07, 6.45) is 3.85. The molecular weight excluding hydrogens is 608 g/mol. The molecule has 0 N–H and O–H groups in total. The molecule has 0 radical (unpaired) electrons. The molecule has 6 aromatic rings. The summed E-state index contributed by atoms with van der Waals surface area (Å²) >= 11 is 0. The van der Waals surface area contributed by atoms with Gasteiger partial charge in [0.05, 0.1) is 11.2 Å². The average molecular weight is 651 g/mol. The molecule has 7 rings (SSSR count). The number of ether oxygens (including phenoxy) is 3. The van der Waals surface area contributed by atoms with Gasteiger partial charge in [0.25, 0.3) is 5.91 Å². The predicted octanol–water partition coefficient (Wildman–Crippen LogP) is 9.33. The van der Waals surface area contributed by atoms with E-state index in [0.717, 1.165) is 75.7 Å². The van der Waals surface area contributed by atoms with Gasteiger partial charge in [-0.25, -0.2) is 0 Å². The molecule has 0 amide bonds. The molecule has 0 spiro atoms. The van der Waals surface area contributed by atoms with Crippen LogP contribution in [0.3, 0.4) is 0 Å². The van der Waals surface area contributed by atoms with Gasteiger partial charge in [-0.3, -0.25) is 14.3 Å². The molecule has 1 aliphatic heterocycles. The van der Waals surface area contributed by atoms with Gasteiger partial charge < -0.3 is 14.2 Å². The van der Waals surface area contributed by atoms with Crippen molar-refractivity contribution in [1.29, 1.82) is 0 Å². The lowest BCUT2D eigenvalue weighted by atomic mass is 10.1. The zero-order chi connectivity index (χ0) is 33.4. The van der Waals surface area contributed by atoms with E-state index in [2.05, 4.69) is 24.0 Å². The number of likely N-dealkylation sites (tertiary alicyclic amines) is 1. The molecule has 6 heteroatoms. The zero-order valence-electron chi connectivity index (χ0n) is 28.0. The third kappa shape index (κ3) is 7.71. The second kappa shape index (κ2) is 15.3. The molecule has 5 aromatic carbocycles. The highest BCUT2D eigenvalue weighted by Crippen LogP contribution is 2.37. The largest absolute Gasteiger partial charge is 0.492 e. The van der Waals surface area contributed by atoms with E-state index in [0.29, 0.717) is 25.4 Å². The predicted molar refractivity (Wildman–Crippen MR) is 196 cm³/mol. The molecule has 0 aliphatic carbocycles. The highest BCUT2D eigenvalue weighted by Gasteiger charge is 2.22. The fourth-order valence-corrected chi connectivity index (χ4v) is 6.56. The van der Waals surface area contributed by atoms with E-state index < -0.39 is 0 Å². The third-order valence-electron chi connectivity index (χ3n) is 9.25. The Bertz CT molecular complexity index is 1980. The van der Waals surface area contributed by atoms with Crippen LogP contribution in [0.15, 0.2) is 127 Å². The van der Waals surface area contributed by atoms with E-state index in [4.69, 9.17) is 14.2 Å². The molecule has 6 nitrogen and oxygen atoms in total. The first kappa shape index (κ1) is 32.2. The molecule has 1 fully saturated rings. The number of hydrogen-bond donors (Lipinski definition) is 0.